The van der Waals surface area contributed by atoms with Crippen LogP contribution >= 0.6 is 11.6 Å². The highest BCUT2D eigenvalue weighted by atomic mass is 35.5. The van der Waals surface area contributed by atoms with Gasteiger partial charge in [0.05, 0.1) is 20.4 Å². The molecule has 0 radical (unpaired) electrons. The van der Waals surface area contributed by atoms with Crippen molar-refractivity contribution in [3.63, 3.8) is 0 Å². The number of hydrogen-bond acceptors (Lipinski definition) is 4. The molecule has 0 aliphatic carbocycles. The number of benzene rings is 1. The molecule has 0 heterocycles. The standard InChI is InChI=1S/C10H15ClN2O4S2/c1-10(2,3)19(16,17)13-9-5-4-7(6-8(9)11)18(12,14)15/h4-6,13H,1-3H3,(H2,12,14,15). The Morgan fingerprint density at radius 1 is 1.16 bits per heavy atom. The molecule has 0 aliphatic heterocycles. The lowest BCUT2D eigenvalue weighted by Gasteiger charge is -2.21. The second-order valence-corrected chi connectivity index (χ2v) is 9.31. The molecule has 0 amide bonds. The largest absolute Gasteiger partial charge is 0.282 e. The molecule has 0 atom stereocenters. The first-order chi connectivity index (χ1) is 8.34. The molecular formula is C10H15ClN2O4S2. The van der Waals surface area contributed by atoms with Gasteiger partial charge in [0.2, 0.25) is 20.0 Å². The summed E-state index contributed by atoms with van der Waals surface area (Å²) in [5.41, 5.74) is 0.101. The number of sulfonamides is 2. The molecule has 0 saturated carbocycles. The molecule has 0 spiro atoms. The van der Waals surface area contributed by atoms with Crippen LogP contribution < -0.4 is 9.86 Å². The summed E-state index contributed by atoms with van der Waals surface area (Å²) in [5.74, 6) is 0. The third-order valence-electron chi connectivity index (χ3n) is 2.32. The smallest absolute Gasteiger partial charge is 0.238 e. The fraction of sp³-hybridized carbons (Fsp3) is 0.400. The second-order valence-electron chi connectivity index (χ2n) is 4.90. The molecular weight excluding hydrogens is 312 g/mol. The normalized spacial score (nSPS) is 13.3. The predicted molar refractivity (Wildman–Crippen MR) is 75.1 cm³/mol. The Bertz CT molecular complexity index is 691. The van der Waals surface area contributed by atoms with Gasteiger partial charge in [0.25, 0.3) is 0 Å². The monoisotopic (exact) mass is 326 g/mol. The van der Waals surface area contributed by atoms with Crippen LogP contribution in [0.3, 0.4) is 0 Å². The summed E-state index contributed by atoms with van der Waals surface area (Å²) in [6.07, 6.45) is 0. The van der Waals surface area contributed by atoms with Crippen LogP contribution in [0.4, 0.5) is 5.69 Å². The molecule has 1 aromatic carbocycles. The number of nitrogens with two attached hydrogens (primary N) is 1. The average molecular weight is 327 g/mol. The summed E-state index contributed by atoms with van der Waals surface area (Å²) in [5, 5.41) is 4.90. The first kappa shape index (κ1) is 16.2. The summed E-state index contributed by atoms with van der Waals surface area (Å²) in [7, 11) is -7.51. The van der Waals surface area contributed by atoms with Gasteiger partial charge in [-0.1, -0.05) is 11.6 Å². The van der Waals surface area contributed by atoms with Crippen LogP contribution in [0.1, 0.15) is 20.8 Å². The maximum atomic E-state index is 11.9. The lowest BCUT2D eigenvalue weighted by molar-refractivity contribution is 0.566. The highest BCUT2D eigenvalue weighted by molar-refractivity contribution is 7.94. The second kappa shape index (κ2) is 4.93. The molecule has 6 nitrogen and oxygen atoms in total. The summed E-state index contributed by atoms with van der Waals surface area (Å²) < 4.78 is 47.4. The van der Waals surface area contributed by atoms with Gasteiger partial charge in [0, 0.05) is 0 Å². The van der Waals surface area contributed by atoms with Gasteiger partial charge in [-0.25, -0.2) is 22.0 Å². The average Bonchev–Trinajstić information content (AvgIpc) is 2.17. The van der Waals surface area contributed by atoms with Gasteiger partial charge in [0.1, 0.15) is 0 Å². The number of primary sulfonamides is 1. The Balaban J connectivity index is 3.20. The van der Waals surface area contributed by atoms with Crippen molar-refractivity contribution in [1.29, 1.82) is 0 Å². The first-order valence-corrected chi connectivity index (χ1v) is 8.60. The predicted octanol–water partition coefficient (Wildman–Crippen LogP) is 1.53. The van der Waals surface area contributed by atoms with Crippen molar-refractivity contribution in [2.75, 3.05) is 4.72 Å². The van der Waals surface area contributed by atoms with Crippen molar-refractivity contribution in [3.05, 3.63) is 23.2 Å². The molecule has 19 heavy (non-hydrogen) atoms. The summed E-state index contributed by atoms with van der Waals surface area (Å²) in [6.45, 7) is 4.59. The van der Waals surface area contributed by atoms with Crippen LogP contribution in [0.2, 0.25) is 5.02 Å². The Kier molecular flexibility index (Phi) is 4.21. The van der Waals surface area contributed by atoms with E-state index in [1.807, 2.05) is 0 Å². The van der Waals surface area contributed by atoms with Gasteiger partial charge < -0.3 is 0 Å². The summed E-state index contributed by atoms with van der Waals surface area (Å²) in [6, 6.07) is 3.53. The molecule has 108 valence electrons. The topological polar surface area (TPSA) is 106 Å². The minimum atomic E-state index is -3.88. The molecule has 1 aromatic rings. The SMILES string of the molecule is CC(C)(C)S(=O)(=O)Nc1ccc(S(N)(=O)=O)cc1Cl. The zero-order chi connectivity index (χ0) is 15.1. The maximum Gasteiger partial charge on any atom is 0.238 e. The highest BCUT2D eigenvalue weighted by Gasteiger charge is 2.29. The molecule has 0 unspecified atom stereocenters. The summed E-state index contributed by atoms with van der Waals surface area (Å²) in [4.78, 5) is -0.184. The molecule has 0 saturated heterocycles. The molecule has 0 aliphatic rings. The zero-order valence-electron chi connectivity index (χ0n) is 10.6. The van der Waals surface area contributed by atoms with Crippen LogP contribution in [0.5, 0.6) is 0 Å². The quantitative estimate of drug-likeness (QED) is 0.878. The Labute approximate surface area is 118 Å². The van der Waals surface area contributed by atoms with E-state index in [0.29, 0.717) is 0 Å². The third kappa shape index (κ3) is 3.82. The molecule has 1 rings (SSSR count). The minimum absolute atomic E-state index is 0.0423. The van der Waals surface area contributed by atoms with Crippen LogP contribution in [0.15, 0.2) is 23.1 Å². The Morgan fingerprint density at radius 3 is 2.05 bits per heavy atom. The van der Waals surface area contributed by atoms with Gasteiger partial charge >= 0.3 is 0 Å². The van der Waals surface area contributed by atoms with Crippen molar-refractivity contribution in [2.24, 2.45) is 5.14 Å². The van der Waals surface area contributed by atoms with Crippen molar-refractivity contribution in [1.82, 2.24) is 0 Å². The van der Waals surface area contributed by atoms with E-state index in [-0.39, 0.29) is 15.6 Å². The number of halogens is 1. The van der Waals surface area contributed by atoms with Crippen LogP contribution in [0, 0.1) is 0 Å². The lowest BCUT2D eigenvalue weighted by Crippen LogP contribution is -2.33. The molecule has 0 bridgehead atoms. The van der Waals surface area contributed by atoms with Gasteiger partial charge in [-0.05, 0) is 39.0 Å². The lowest BCUT2D eigenvalue weighted by atomic mass is 10.3. The van der Waals surface area contributed by atoms with Crippen LogP contribution in [-0.4, -0.2) is 21.6 Å². The van der Waals surface area contributed by atoms with E-state index in [1.165, 1.54) is 32.9 Å². The van der Waals surface area contributed by atoms with Crippen molar-refractivity contribution in [3.8, 4) is 0 Å². The van der Waals surface area contributed by atoms with Crippen molar-refractivity contribution < 1.29 is 16.8 Å². The fourth-order valence-corrected chi connectivity index (χ4v) is 2.72. The van der Waals surface area contributed by atoms with Crippen molar-refractivity contribution in [2.45, 2.75) is 30.4 Å². The number of anilines is 1. The van der Waals surface area contributed by atoms with Crippen LogP contribution in [0.25, 0.3) is 0 Å². The maximum absolute atomic E-state index is 11.9. The van der Waals surface area contributed by atoms with E-state index < -0.39 is 24.8 Å². The number of nitrogens with one attached hydrogen (secondary N) is 1. The van der Waals surface area contributed by atoms with E-state index in [0.717, 1.165) is 6.07 Å². The van der Waals surface area contributed by atoms with Gasteiger partial charge in [-0.15, -0.1) is 0 Å². The molecule has 0 aromatic heterocycles. The van der Waals surface area contributed by atoms with E-state index >= 15 is 0 Å². The first-order valence-electron chi connectivity index (χ1n) is 5.19. The van der Waals surface area contributed by atoms with Crippen LogP contribution in [-0.2, 0) is 20.0 Å². The van der Waals surface area contributed by atoms with E-state index in [1.54, 1.807) is 0 Å². The number of rotatable bonds is 3. The van der Waals surface area contributed by atoms with E-state index in [4.69, 9.17) is 16.7 Å². The third-order valence-corrected chi connectivity index (χ3v) is 5.64. The Morgan fingerprint density at radius 2 is 1.68 bits per heavy atom. The molecule has 3 N–H and O–H groups in total. The fourth-order valence-electron chi connectivity index (χ4n) is 1.05. The molecule has 9 heteroatoms. The highest BCUT2D eigenvalue weighted by Crippen LogP contribution is 2.28. The zero-order valence-corrected chi connectivity index (χ0v) is 13.0. The van der Waals surface area contributed by atoms with Crippen molar-refractivity contribution >= 4 is 37.3 Å². The number of hydrogen-bond donors (Lipinski definition) is 2. The molecule has 0 fully saturated rings. The van der Waals surface area contributed by atoms with E-state index in [9.17, 15) is 16.8 Å². The van der Waals surface area contributed by atoms with Gasteiger partial charge in [0.15, 0.2) is 0 Å². The summed E-state index contributed by atoms with van der Waals surface area (Å²) >= 11 is 5.84. The minimum Gasteiger partial charge on any atom is -0.282 e. The van der Waals surface area contributed by atoms with Gasteiger partial charge in [-0.2, -0.15) is 0 Å². The Hall–Kier alpha value is -0.830. The van der Waals surface area contributed by atoms with Gasteiger partial charge in [-0.3, -0.25) is 4.72 Å². The van der Waals surface area contributed by atoms with E-state index in [2.05, 4.69) is 4.72 Å².